The Labute approximate surface area is 98.3 Å². The Kier molecular flexibility index (Phi) is 2.97. The van der Waals surface area contributed by atoms with Gasteiger partial charge in [0.15, 0.2) is 0 Å². The molecule has 0 radical (unpaired) electrons. The molecule has 2 rings (SSSR count). The molecule has 4 heteroatoms. The molecule has 0 spiro atoms. The first-order chi connectivity index (χ1) is 7.70. The van der Waals surface area contributed by atoms with Crippen LogP contribution < -0.4 is 4.74 Å². The molecular formula is C12H10ClNO2. The molecule has 2 aromatic rings. The molecule has 16 heavy (non-hydrogen) atoms. The molecule has 0 aliphatic rings. The summed E-state index contributed by atoms with van der Waals surface area (Å²) < 4.78 is 5.12. The van der Waals surface area contributed by atoms with Crippen molar-refractivity contribution in [2.24, 2.45) is 0 Å². The predicted molar refractivity (Wildman–Crippen MR) is 62.9 cm³/mol. The first-order valence-corrected chi connectivity index (χ1v) is 5.07. The number of hydrogen-bond donors (Lipinski definition) is 1. The summed E-state index contributed by atoms with van der Waals surface area (Å²) in [5.74, 6) is 0.749. The van der Waals surface area contributed by atoms with E-state index in [-0.39, 0.29) is 5.75 Å². The van der Waals surface area contributed by atoms with Crippen LogP contribution >= 0.6 is 11.6 Å². The molecular weight excluding hydrogens is 226 g/mol. The number of pyridine rings is 1. The Morgan fingerprint density at radius 3 is 2.69 bits per heavy atom. The highest BCUT2D eigenvalue weighted by Gasteiger charge is 2.04. The maximum Gasteiger partial charge on any atom is 0.138 e. The van der Waals surface area contributed by atoms with Gasteiger partial charge in [0.25, 0.3) is 0 Å². The molecule has 82 valence electrons. The van der Waals surface area contributed by atoms with Gasteiger partial charge in [-0.1, -0.05) is 17.7 Å². The number of benzene rings is 1. The summed E-state index contributed by atoms with van der Waals surface area (Å²) in [5, 5.41) is 9.70. The molecule has 0 aliphatic carbocycles. The standard InChI is InChI=1S/C12H10ClNO2/c1-16-12-6-8(2-4-10(12)13)11-5-3-9(15)7-14-11/h2-7,15H,1H3. The largest absolute Gasteiger partial charge is 0.506 e. The second kappa shape index (κ2) is 4.41. The van der Waals surface area contributed by atoms with Gasteiger partial charge in [0.05, 0.1) is 24.0 Å². The zero-order valence-corrected chi connectivity index (χ0v) is 9.40. The number of ether oxygens (including phenoxy) is 1. The lowest BCUT2D eigenvalue weighted by molar-refractivity contribution is 0.415. The second-order valence-electron chi connectivity index (χ2n) is 3.25. The number of aromatic nitrogens is 1. The van der Waals surface area contributed by atoms with Gasteiger partial charge in [0, 0.05) is 5.56 Å². The molecule has 1 aromatic carbocycles. The van der Waals surface area contributed by atoms with Crippen molar-refractivity contribution < 1.29 is 9.84 Å². The normalized spacial score (nSPS) is 10.1. The van der Waals surface area contributed by atoms with E-state index in [2.05, 4.69) is 4.98 Å². The number of methoxy groups -OCH3 is 1. The SMILES string of the molecule is COc1cc(-c2ccc(O)cn2)ccc1Cl. The summed E-state index contributed by atoms with van der Waals surface area (Å²) in [6.45, 7) is 0. The quantitative estimate of drug-likeness (QED) is 0.870. The van der Waals surface area contributed by atoms with Crippen molar-refractivity contribution in [2.75, 3.05) is 7.11 Å². The van der Waals surface area contributed by atoms with Crippen molar-refractivity contribution in [3.05, 3.63) is 41.6 Å². The summed E-state index contributed by atoms with van der Waals surface area (Å²) in [5.41, 5.74) is 1.65. The highest BCUT2D eigenvalue weighted by Crippen LogP contribution is 2.29. The zero-order valence-electron chi connectivity index (χ0n) is 8.64. The minimum absolute atomic E-state index is 0.143. The highest BCUT2D eigenvalue weighted by atomic mass is 35.5. The van der Waals surface area contributed by atoms with Gasteiger partial charge in [-0.15, -0.1) is 0 Å². The number of rotatable bonds is 2. The molecule has 3 nitrogen and oxygen atoms in total. The van der Waals surface area contributed by atoms with Crippen molar-refractivity contribution in [1.82, 2.24) is 4.98 Å². The molecule has 0 unspecified atom stereocenters. The Bertz CT molecular complexity index is 497. The molecule has 1 aromatic heterocycles. The van der Waals surface area contributed by atoms with Gasteiger partial charge in [-0.3, -0.25) is 4.98 Å². The lowest BCUT2D eigenvalue weighted by Crippen LogP contribution is -1.87. The van der Waals surface area contributed by atoms with Crippen LogP contribution in [0.25, 0.3) is 11.3 Å². The van der Waals surface area contributed by atoms with E-state index < -0.39 is 0 Å². The summed E-state index contributed by atoms with van der Waals surface area (Å²) >= 11 is 5.92. The van der Waals surface area contributed by atoms with Crippen LogP contribution in [0.1, 0.15) is 0 Å². The summed E-state index contributed by atoms with van der Waals surface area (Å²) in [4.78, 5) is 4.10. The number of hydrogen-bond acceptors (Lipinski definition) is 3. The molecule has 0 atom stereocenters. The molecule has 1 heterocycles. The fraction of sp³-hybridized carbons (Fsp3) is 0.0833. The van der Waals surface area contributed by atoms with E-state index in [1.54, 1.807) is 25.3 Å². The third kappa shape index (κ3) is 2.09. The van der Waals surface area contributed by atoms with Crippen LogP contribution in [0.4, 0.5) is 0 Å². The summed E-state index contributed by atoms with van der Waals surface area (Å²) in [6.07, 6.45) is 1.40. The third-order valence-corrected chi connectivity index (χ3v) is 2.51. The van der Waals surface area contributed by atoms with E-state index in [4.69, 9.17) is 21.4 Å². The Hall–Kier alpha value is -1.74. The van der Waals surface area contributed by atoms with Crippen LogP contribution in [0.15, 0.2) is 36.5 Å². The molecule has 0 aliphatic heterocycles. The Morgan fingerprint density at radius 1 is 1.25 bits per heavy atom. The lowest BCUT2D eigenvalue weighted by atomic mass is 10.1. The maximum absolute atomic E-state index is 9.14. The first kappa shape index (κ1) is 10.8. The van der Waals surface area contributed by atoms with E-state index in [1.807, 2.05) is 12.1 Å². The van der Waals surface area contributed by atoms with Gasteiger partial charge in [-0.25, -0.2) is 0 Å². The van der Waals surface area contributed by atoms with Gasteiger partial charge < -0.3 is 9.84 Å². The molecule has 0 saturated heterocycles. The molecule has 1 N–H and O–H groups in total. The zero-order chi connectivity index (χ0) is 11.5. The first-order valence-electron chi connectivity index (χ1n) is 4.69. The van der Waals surface area contributed by atoms with Crippen molar-refractivity contribution in [3.63, 3.8) is 0 Å². The van der Waals surface area contributed by atoms with E-state index >= 15 is 0 Å². The third-order valence-electron chi connectivity index (χ3n) is 2.19. The Morgan fingerprint density at radius 2 is 2.06 bits per heavy atom. The number of aromatic hydroxyl groups is 1. The van der Waals surface area contributed by atoms with Crippen molar-refractivity contribution >= 4 is 11.6 Å². The van der Waals surface area contributed by atoms with Crippen LogP contribution in [-0.2, 0) is 0 Å². The monoisotopic (exact) mass is 235 g/mol. The summed E-state index contributed by atoms with van der Waals surface area (Å²) in [7, 11) is 1.56. The summed E-state index contributed by atoms with van der Waals surface area (Å²) in [6, 6.07) is 8.73. The Balaban J connectivity index is 2.44. The molecule has 0 bridgehead atoms. The van der Waals surface area contributed by atoms with Crippen molar-refractivity contribution in [2.45, 2.75) is 0 Å². The molecule has 0 saturated carbocycles. The second-order valence-corrected chi connectivity index (χ2v) is 3.66. The lowest BCUT2D eigenvalue weighted by Gasteiger charge is -2.06. The smallest absolute Gasteiger partial charge is 0.138 e. The van der Waals surface area contributed by atoms with Gasteiger partial charge in [-0.05, 0) is 24.3 Å². The average molecular weight is 236 g/mol. The van der Waals surface area contributed by atoms with Crippen LogP contribution in [0.2, 0.25) is 5.02 Å². The van der Waals surface area contributed by atoms with Gasteiger partial charge in [-0.2, -0.15) is 0 Å². The van der Waals surface area contributed by atoms with Crippen LogP contribution in [-0.4, -0.2) is 17.2 Å². The van der Waals surface area contributed by atoms with Crippen molar-refractivity contribution in [3.8, 4) is 22.8 Å². The van der Waals surface area contributed by atoms with E-state index in [0.717, 1.165) is 11.3 Å². The predicted octanol–water partition coefficient (Wildman–Crippen LogP) is 3.12. The van der Waals surface area contributed by atoms with Gasteiger partial charge in [0.1, 0.15) is 11.5 Å². The average Bonchev–Trinajstić information content (AvgIpc) is 2.31. The van der Waals surface area contributed by atoms with Crippen molar-refractivity contribution in [1.29, 1.82) is 0 Å². The number of nitrogens with zero attached hydrogens (tertiary/aromatic N) is 1. The fourth-order valence-electron chi connectivity index (χ4n) is 1.38. The van der Waals surface area contributed by atoms with Crippen LogP contribution in [0.5, 0.6) is 11.5 Å². The topological polar surface area (TPSA) is 42.4 Å². The van der Waals surface area contributed by atoms with E-state index in [1.165, 1.54) is 6.20 Å². The van der Waals surface area contributed by atoms with Crippen LogP contribution in [0.3, 0.4) is 0 Å². The molecule has 0 fully saturated rings. The molecule has 0 amide bonds. The highest BCUT2D eigenvalue weighted by molar-refractivity contribution is 6.32. The minimum atomic E-state index is 0.143. The van der Waals surface area contributed by atoms with Gasteiger partial charge in [0.2, 0.25) is 0 Å². The van der Waals surface area contributed by atoms with E-state index in [9.17, 15) is 0 Å². The fourth-order valence-corrected chi connectivity index (χ4v) is 1.57. The van der Waals surface area contributed by atoms with Crippen LogP contribution in [0, 0.1) is 0 Å². The van der Waals surface area contributed by atoms with Gasteiger partial charge >= 0.3 is 0 Å². The minimum Gasteiger partial charge on any atom is -0.506 e. The maximum atomic E-state index is 9.14. The van der Waals surface area contributed by atoms with E-state index in [0.29, 0.717) is 10.8 Å². The number of halogens is 1.